The smallest absolute Gasteiger partial charge is 0.0345 e. The van der Waals surface area contributed by atoms with Gasteiger partial charge in [-0.15, -0.1) is 11.6 Å². The molecule has 0 radical (unpaired) electrons. The van der Waals surface area contributed by atoms with Crippen molar-refractivity contribution >= 4 is 17.3 Å². The van der Waals surface area contributed by atoms with Gasteiger partial charge in [0.25, 0.3) is 0 Å². The monoisotopic (exact) mass is 267 g/mol. The summed E-state index contributed by atoms with van der Waals surface area (Å²) in [6.45, 7) is 6.65. The molecule has 0 aromatic heterocycles. The van der Waals surface area contributed by atoms with E-state index in [2.05, 4.69) is 44.3 Å². The van der Waals surface area contributed by atoms with Crippen LogP contribution in [-0.2, 0) is 12.8 Å². The molecule has 0 saturated carbocycles. The SMILES string of the molecule is CCCCc1ccc(NC(C)CC)cc1CCCl. The first-order valence-corrected chi connectivity index (χ1v) is 7.69. The van der Waals surface area contributed by atoms with Gasteiger partial charge >= 0.3 is 0 Å². The normalized spacial score (nSPS) is 12.4. The number of nitrogens with one attached hydrogen (secondary N) is 1. The zero-order valence-corrected chi connectivity index (χ0v) is 12.7. The molecule has 0 aliphatic carbocycles. The maximum atomic E-state index is 5.91. The van der Waals surface area contributed by atoms with Crippen LogP contribution in [0.2, 0.25) is 0 Å². The Hall–Kier alpha value is -0.690. The molecule has 1 N–H and O–H groups in total. The molecule has 0 bridgehead atoms. The molecular formula is C16H26ClN. The van der Waals surface area contributed by atoms with Gasteiger partial charge in [0.05, 0.1) is 0 Å². The van der Waals surface area contributed by atoms with Crippen molar-refractivity contribution in [3.8, 4) is 0 Å². The fourth-order valence-corrected chi connectivity index (χ4v) is 2.25. The molecule has 0 heterocycles. The number of halogens is 1. The number of hydrogen-bond donors (Lipinski definition) is 1. The molecule has 1 aromatic rings. The van der Waals surface area contributed by atoms with Crippen LogP contribution in [0.3, 0.4) is 0 Å². The Morgan fingerprint density at radius 3 is 2.56 bits per heavy atom. The van der Waals surface area contributed by atoms with Crippen LogP contribution in [0, 0.1) is 0 Å². The maximum absolute atomic E-state index is 5.91. The van der Waals surface area contributed by atoms with Crippen LogP contribution in [-0.4, -0.2) is 11.9 Å². The molecule has 0 amide bonds. The van der Waals surface area contributed by atoms with E-state index in [9.17, 15) is 0 Å². The molecule has 0 fully saturated rings. The molecule has 102 valence electrons. The van der Waals surface area contributed by atoms with E-state index in [1.807, 2.05) is 0 Å². The number of rotatable bonds is 8. The largest absolute Gasteiger partial charge is 0.383 e. The molecule has 0 spiro atoms. The summed E-state index contributed by atoms with van der Waals surface area (Å²) in [5.41, 5.74) is 4.10. The second-order valence-electron chi connectivity index (χ2n) is 4.98. The molecular weight excluding hydrogens is 242 g/mol. The van der Waals surface area contributed by atoms with Crippen LogP contribution in [0.5, 0.6) is 0 Å². The van der Waals surface area contributed by atoms with E-state index in [1.165, 1.54) is 36.1 Å². The summed E-state index contributed by atoms with van der Waals surface area (Å²) in [4.78, 5) is 0. The van der Waals surface area contributed by atoms with Crippen LogP contribution < -0.4 is 5.32 Å². The lowest BCUT2D eigenvalue weighted by Gasteiger charge is -2.16. The third-order valence-corrected chi connectivity index (χ3v) is 3.58. The van der Waals surface area contributed by atoms with Crippen molar-refractivity contribution in [2.75, 3.05) is 11.2 Å². The first kappa shape index (κ1) is 15.4. The molecule has 1 aromatic carbocycles. The van der Waals surface area contributed by atoms with E-state index in [0.717, 1.165) is 12.8 Å². The quantitative estimate of drug-likeness (QED) is 0.652. The van der Waals surface area contributed by atoms with Crippen LogP contribution in [0.4, 0.5) is 5.69 Å². The Morgan fingerprint density at radius 2 is 1.94 bits per heavy atom. The Kier molecular flexibility index (Phi) is 7.19. The van der Waals surface area contributed by atoms with Gasteiger partial charge in [0.2, 0.25) is 0 Å². The van der Waals surface area contributed by atoms with Crippen molar-refractivity contribution in [3.63, 3.8) is 0 Å². The zero-order valence-electron chi connectivity index (χ0n) is 11.9. The summed E-state index contributed by atoms with van der Waals surface area (Å²) in [5.74, 6) is 0.700. The minimum Gasteiger partial charge on any atom is -0.383 e. The van der Waals surface area contributed by atoms with Crippen LogP contribution in [0.15, 0.2) is 18.2 Å². The molecule has 0 aliphatic heterocycles. The van der Waals surface area contributed by atoms with Gasteiger partial charge < -0.3 is 5.32 Å². The van der Waals surface area contributed by atoms with Gasteiger partial charge in [0.15, 0.2) is 0 Å². The van der Waals surface area contributed by atoms with E-state index < -0.39 is 0 Å². The number of hydrogen-bond acceptors (Lipinski definition) is 1. The molecule has 1 rings (SSSR count). The fourth-order valence-electron chi connectivity index (χ4n) is 2.05. The highest BCUT2D eigenvalue weighted by molar-refractivity contribution is 6.18. The number of anilines is 1. The Bertz CT molecular complexity index is 349. The highest BCUT2D eigenvalue weighted by Crippen LogP contribution is 2.20. The first-order chi connectivity index (χ1) is 8.71. The third kappa shape index (κ3) is 4.89. The fraction of sp³-hybridized carbons (Fsp3) is 0.625. The van der Waals surface area contributed by atoms with E-state index in [1.54, 1.807) is 0 Å². The van der Waals surface area contributed by atoms with Gasteiger partial charge in [0.1, 0.15) is 0 Å². The van der Waals surface area contributed by atoms with Crippen LogP contribution in [0.25, 0.3) is 0 Å². The molecule has 2 heteroatoms. The molecule has 1 unspecified atom stereocenters. The van der Waals surface area contributed by atoms with Crippen LogP contribution >= 0.6 is 11.6 Å². The minimum atomic E-state index is 0.523. The average Bonchev–Trinajstić information content (AvgIpc) is 2.38. The molecule has 1 atom stereocenters. The standard InChI is InChI=1S/C16H26ClN/c1-4-6-7-14-8-9-16(18-13(3)5-2)12-15(14)10-11-17/h8-9,12-13,18H,4-7,10-11H2,1-3H3. The average molecular weight is 268 g/mol. The highest BCUT2D eigenvalue weighted by atomic mass is 35.5. The summed E-state index contributed by atoms with van der Waals surface area (Å²) in [6.07, 6.45) is 5.78. The van der Waals surface area contributed by atoms with E-state index in [4.69, 9.17) is 11.6 Å². The van der Waals surface area contributed by atoms with Crippen molar-refractivity contribution < 1.29 is 0 Å². The van der Waals surface area contributed by atoms with Gasteiger partial charge in [-0.2, -0.15) is 0 Å². The Morgan fingerprint density at radius 1 is 1.17 bits per heavy atom. The van der Waals surface area contributed by atoms with Gasteiger partial charge in [-0.05, 0) is 55.9 Å². The summed E-state index contributed by atoms with van der Waals surface area (Å²) < 4.78 is 0. The second-order valence-corrected chi connectivity index (χ2v) is 5.36. The number of benzene rings is 1. The van der Waals surface area contributed by atoms with Gasteiger partial charge in [-0.25, -0.2) is 0 Å². The molecule has 18 heavy (non-hydrogen) atoms. The topological polar surface area (TPSA) is 12.0 Å². The number of alkyl halides is 1. The summed E-state index contributed by atoms with van der Waals surface area (Å²) in [5, 5.41) is 3.53. The lowest BCUT2D eigenvalue weighted by atomic mass is 9.99. The maximum Gasteiger partial charge on any atom is 0.0345 e. The Labute approximate surface area is 117 Å². The lowest BCUT2D eigenvalue weighted by molar-refractivity contribution is 0.762. The summed E-state index contributed by atoms with van der Waals surface area (Å²) >= 11 is 5.91. The number of aryl methyl sites for hydroxylation is 2. The predicted molar refractivity (Wildman–Crippen MR) is 82.9 cm³/mol. The Balaban J connectivity index is 2.81. The van der Waals surface area contributed by atoms with Crippen molar-refractivity contribution in [3.05, 3.63) is 29.3 Å². The minimum absolute atomic E-state index is 0.523. The highest BCUT2D eigenvalue weighted by Gasteiger charge is 2.05. The first-order valence-electron chi connectivity index (χ1n) is 7.15. The summed E-state index contributed by atoms with van der Waals surface area (Å²) in [7, 11) is 0. The summed E-state index contributed by atoms with van der Waals surface area (Å²) in [6, 6.07) is 7.27. The van der Waals surface area contributed by atoms with E-state index >= 15 is 0 Å². The van der Waals surface area contributed by atoms with E-state index in [0.29, 0.717) is 11.9 Å². The number of unbranched alkanes of at least 4 members (excludes halogenated alkanes) is 1. The van der Waals surface area contributed by atoms with Crippen molar-refractivity contribution in [2.45, 2.75) is 58.9 Å². The van der Waals surface area contributed by atoms with Crippen LogP contribution in [0.1, 0.15) is 51.2 Å². The van der Waals surface area contributed by atoms with E-state index in [-0.39, 0.29) is 0 Å². The van der Waals surface area contributed by atoms with Gasteiger partial charge in [-0.3, -0.25) is 0 Å². The second kappa shape index (κ2) is 8.42. The predicted octanol–water partition coefficient (Wildman–Crippen LogP) is 5.02. The van der Waals surface area contributed by atoms with Gasteiger partial charge in [0, 0.05) is 17.6 Å². The molecule has 0 aliphatic rings. The van der Waals surface area contributed by atoms with Crippen molar-refractivity contribution in [1.82, 2.24) is 0 Å². The van der Waals surface area contributed by atoms with Gasteiger partial charge in [-0.1, -0.05) is 26.3 Å². The van der Waals surface area contributed by atoms with Crippen molar-refractivity contribution in [1.29, 1.82) is 0 Å². The molecule has 0 saturated heterocycles. The molecule has 1 nitrogen and oxygen atoms in total. The zero-order chi connectivity index (χ0) is 13.4. The lowest BCUT2D eigenvalue weighted by Crippen LogP contribution is -2.13. The third-order valence-electron chi connectivity index (χ3n) is 3.40. The van der Waals surface area contributed by atoms with Crippen molar-refractivity contribution in [2.24, 2.45) is 0 Å².